The minimum atomic E-state index is -4.12. The molecule has 0 saturated heterocycles. The maximum absolute atomic E-state index is 13.2. The van der Waals surface area contributed by atoms with E-state index in [9.17, 15) is 17.6 Å². The van der Waals surface area contributed by atoms with E-state index in [0.717, 1.165) is 0 Å². The van der Waals surface area contributed by atoms with Crippen LogP contribution in [0, 0.1) is 17.7 Å². The molecule has 0 aliphatic heterocycles. The summed E-state index contributed by atoms with van der Waals surface area (Å²) in [4.78, 5) is 0. The summed E-state index contributed by atoms with van der Waals surface area (Å²) in [6.07, 6.45) is -3.01. The van der Waals surface area contributed by atoms with Crippen LogP contribution in [0.4, 0.5) is 17.6 Å². The first-order chi connectivity index (χ1) is 9.41. The first-order valence-electron chi connectivity index (χ1n) is 6.70. The van der Waals surface area contributed by atoms with E-state index in [4.69, 9.17) is 5.84 Å². The summed E-state index contributed by atoms with van der Waals surface area (Å²) in [6, 6.07) is 5.72. The monoisotopic (exact) mass is 290 g/mol. The second-order valence-corrected chi connectivity index (χ2v) is 5.35. The third-order valence-corrected chi connectivity index (χ3v) is 4.09. The number of rotatable bonds is 3. The summed E-state index contributed by atoms with van der Waals surface area (Å²) in [6.45, 7) is 0. The molecule has 0 radical (unpaired) electrons. The van der Waals surface area contributed by atoms with Gasteiger partial charge in [0.2, 0.25) is 0 Å². The molecule has 1 fully saturated rings. The van der Waals surface area contributed by atoms with E-state index < -0.39 is 12.1 Å². The Balaban J connectivity index is 2.04. The summed E-state index contributed by atoms with van der Waals surface area (Å²) in [5.74, 6) is 3.93. The van der Waals surface area contributed by atoms with E-state index in [1.165, 1.54) is 12.1 Å². The molecule has 6 heteroatoms. The first kappa shape index (κ1) is 15.3. The van der Waals surface area contributed by atoms with Crippen LogP contribution < -0.4 is 11.3 Å². The number of benzene rings is 1. The molecule has 0 aromatic heterocycles. The molecule has 0 amide bonds. The van der Waals surface area contributed by atoms with Gasteiger partial charge >= 0.3 is 6.18 Å². The molecule has 1 saturated carbocycles. The largest absolute Gasteiger partial charge is 0.391 e. The van der Waals surface area contributed by atoms with Gasteiger partial charge in [-0.15, -0.1) is 0 Å². The van der Waals surface area contributed by atoms with Crippen molar-refractivity contribution in [2.24, 2.45) is 17.7 Å². The lowest BCUT2D eigenvalue weighted by Crippen LogP contribution is -2.37. The van der Waals surface area contributed by atoms with Crippen LogP contribution in [0.1, 0.15) is 37.3 Å². The van der Waals surface area contributed by atoms with Gasteiger partial charge in [-0.3, -0.25) is 11.3 Å². The fourth-order valence-electron chi connectivity index (χ4n) is 2.98. The second-order valence-electron chi connectivity index (χ2n) is 5.35. The lowest BCUT2D eigenvalue weighted by atomic mass is 9.76. The van der Waals surface area contributed by atoms with Crippen LogP contribution in [0.3, 0.4) is 0 Å². The standard InChI is InChI=1S/C14H18F4N2/c15-12-3-1-2-10(8-12)13(20-19)9-4-6-11(7-5-9)14(16,17)18/h1-3,8-9,11,13,20H,4-7,19H2. The Morgan fingerprint density at radius 3 is 2.30 bits per heavy atom. The highest BCUT2D eigenvalue weighted by molar-refractivity contribution is 5.21. The normalized spacial score (nSPS) is 25.4. The van der Waals surface area contributed by atoms with Gasteiger partial charge in [0.25, 0.3) is 0 Å². The van der Waals surface area contributed by atoms with E-state index in [1.807, 2.05) is 0 Å². The first-order valence-corrected chi connectivity index (χ1v) is 6.70. The van der Waals surface area contributed by atoms with Crippen molar-refractivity contribution in [3.63, 3.8) is 0 Å². The number of alkyl halides is 3. The smallest absolute Gasteiger partial charge is 0.271 e. The van der Waals surface area contributed by atoms with Gasteiger partial charge in [0, 0.05) is 6.04 Å². The molecular weight excluding hydrogens is 272 g/mol. The van der Waals surface area contributed by atoms with Crippen LogP contribution in [0.5, 0.6) is 0 Å². The third-order valence-electron chi connectivity index (χ3n) is 4.09. The van der Waals surface area contributed by atoms with Crippen LogP contribution in [0.15, 0.2) is 24.3 Å². The maximum Gasteiger partial charge on any atom is 0.391 e. The summed E-state index contributed by atoms with van der Waals surface area (Å²) in [7, 11) is 0. The van der Waals surface area contributed by atoms with Crippen LogP contribution >= 0.6 is 0 Å². The Morgan fingerprint density at radius 2 is 1.80 bits per heavy atom. The number of hydrogen-bond acceptors (Lipinski definition) is 2. The summed E-state index contributed by atoms with van der Waals surface area (Å²) >= 11 is 0. The minimum absolute atomic E-state index is 0.000370. The molecule has 1 aromatic carbocycles. The van der Waals surface area contributed by atoms with Gasteiger partial charge in [0.15, 0.2) is 0 Å². The third kappa shape index (κ3) is 3.49. The number of nitrogens with one attached hydrogen (secondary N) is 1. The molecule has 3 N–H and O–H groups in total. The Bertz CT molecular complexity index is 439. The van der Waals surface area contributed by atoms with Crippen molar-refractivity contribution in [2.75, 3.05) is 0 Å². The van der Waals surface area contributed by atoms with Crippen molar-refractivity contribution in [3.8, 4) is 0 Å². The van der Waals surface area contributed by atoms with Crippen molar-refractivity contribution in [2.45, 2.75) is 37.9 Å². The molecule has 1 atom stereocenters. The number of halogens is 4. The minimum Gasteiger partial charge on any atom is -0.271 e. The molecule has 2 nitrogen and oxygen atoms in total. The van der Waals surface area contributed by atoms with Crippen molar-refractivity contribution in [1.82, 2.24) is 5.43 Å². The SMILES string of the molecule is NNC(c1cccc(F)c1)C1CCC(C(F)(F)F)CC1. The Labute approximate surface area is 115 Å². The van der Waals surface area contributed by atoms with Crippen molar-refractivity contribution in [3.05, 3.63) is 35.6 Å². The maximum atomic E-state index is 13.2. The molecule has 1 unspecified atom stereocenters. The van der Waals surface area contributed by atoms with Crippen molar-refractivity contribution in [1.29, 1.82) is 0 Å². The van der Waals surface area contributed by atoms with Gasteiger partial charge in [-0.05, 0) is 49.3 Å². The van der Waals surface area contributed by atoms with Gasteiger partial charge < -0.3 is 0 Å². The highest BCUT2D eigenvalue weighted by Crippen LogP contribution is 2.42. The Hall–Kier alpha value is -1.14. The lowest BCUT2D eigenvalue weighted by molar-refractivity contribution is -0.184. The predicted molar refractivity (Wildman–Crippen MR) is 68.0 cm³/mol. The molecule has 1 aromatic rings. The van der Waals surface area contributed by atoms with E-state index in [-0.39, 0.29) is 30.6 Å². The number of nitrogens with two attached hydrogens (primary N) is 1. The molecule has 0 heterocycles. The van der Waals surface area contributed by atoms with Crippen LogP contribution in [0.2, 0.25) is 0 Å². The molecule has 1 aliphatic carbocycles. The topological polar surface area (TPSA) is 38.0 Å². The van der Waals surface area contributed by atoms with E-state index in [0.29, 0.717) is 18.4 Å². The zero-order valence-electron chi connectivity index (χ0n) is 11.0. The van der Waals surface area contributed by atoms with E-state index >= 15 is 0 Å². The van der Waals surface area contributed by atoms with Gasteiger partial charge in [0.05, 0.1) is 5.92 Å². The summed E-state index contributed by atoms with van der Waals surface area (Å²) < 4.78 is 51.1. The van der Waals surface area contributed by atoms with E-state index in [2.05, 4.69) is 5.43 Å². The number of hydrogen-bond donors (Lipinski definition) is 2. The lowest BCUT2D eigenvalue weighted by Gasteiger charge is -2.34. The molecule has 2 rings (SSSR count). The molecule has 20 heavy (non-hydrogen) atoms. The molecule has 1 aliphatic rings. The van der Waals surface area contributed by atoms with Crippen LogP contribution in [-0.2, 0) is 0 Å². The summed E-state index contributed by atoms with van der Waals surface area (Å²) in [5, 5.41) is 0. The Morgan fingerprint density at radius 1 is 1.15 bits per heavy atom. The van der Waals surface area contributed by atoms with Crippen LogP contribution in [-0.4, -0.2) is 6.18 Å². The Kier molecular flexibility index (Phi) is 4.65. The van der Waals surface area contributed by atoms with Gasteiger partial charge in [-0.25, -0.2) is 4.39 Å². The zero-order valence-corrected chi connectivity index (χ0v) is 11.0. The van der Waals surface area contributed by atoms with E-state index in [1.54, 1.807) is 12.1 Å². The fraction of sp³-hybridized carbons (Fsp3) is 0.571. The second kappa shape index (κ2) is 6.10. The van der Waals surface area contributed by atoms with Gasteiger partial charge in [-0.2, -0.15) is 13.2 Å². The average Bonchev–Trinajstić information content (AvgIpc) is 2.39. The number of hydrazine groups is 1. The van der Waals surface area contributed by atoms with Crippen molar-refractivity contribution < 1.29 is 17.6 Å². The fourth-order valence-corrected chi connectivity index (χ4v) is 2.98. The molecule has 0 spiro atoms. The quantitative estimate of drug-likeness (QED) is 0.506. The summed E-state index contributed by atoms with van der Waals surface area (Å²) in [5.41, 5.74) is 3.30. The average molecular weight is 290 g/mol. The highest BCUT2D eigenvalue weighted by atomic mass is 19.4. The highest BCUT2D eigenvalue weighted by Gasteiger charge is 2.42. The van der Waals surface area contributed by atoms with Crippen LogP contribution in [0.25, 0.3) is 0 Å². The van der Waals surface area contributed by atoms with Gasteiger partial charge in [-0.1, -0.05) is 12.1 Å². The molecular formula is C14H18F4N2. The molecule has 0 bridgehead atoms. The predicted octanol–water partition coefficient (Wildman–Crippen LogP) is 3.70. The van der Waals surface area contributed by atoms with Gasteiger partial charge in [0.1, 0.15) is 5.82 Å². The van der Waals surface area contributed by atoms with Crippen molar-refractivity contribution >= 4 is 0 Å². The molecule has 112 valence electrons. The zero-order chi connectivity index (χ0) is 14.8.